The first-order valence-electron chi connectivity index (χ1n) is 7.28. The molecule has 1 amide bonds. The number of ether oxygens (including phenoxy) is 1. The van der Waals surface area contributed by atoms with Crippen molar-refractivity contribution in [3.63, 3.8) is 0 Å². The highest BCUT2D eigenvalue weighted by molar-refractivity contribution is 6.29. The Balaban J connectivity index is 1.70. The Morgan fingerprint density at radius 3 is 2.86 bits per heavy atom. The average molecular weight is 318 g/mol. The molecule has 2 heterocycles. The average Bonchev–Trinajstić information content (AvgIpc) is 3.00. The second-order valence-electron chi connectivity index (χ2n) is 5.23. The van der Waals surface area contributed by atoms with Crippen LogP contribution in [0.3, 0.4) is 0 Å². The van der Waals surface area contributed by atoms with Crippen LogP contribution in [0.1, 0.15) is 36.2 Å². The molecule has 0 spiro atoms. The van der Waals surface area contributed by atoms with Gasteiger partial charge in [0.2, 0.25) is 5.88 Å². The summed E-state index contributed by atoms with van der Waals surface area (Å²) in [7, 11) is 0. The number of nitrogens with one attached hydrogen (secondary N) is 1. The van der Waals surface area contributed by atoms with Gasteiger partial charge in [0.15, 0.2) is 0 Å². The summed E-state index contributed by atoms with van der Waals surface area (Å²) in [5, 5.41) is 3.35. The highest BCUT2D eigenvalue weighted by atomic mass is 35.5. The zero-order valence-corrected chi connectivity index (χ0v) is 12.7. The predicted octanol–water partition coefficient (Wildman–Crippen LogP) is 3.59. The van der Waals surface area contributed by atoms with E-state index >= 15 is 0 Å². The third-order valence-corrected chi connectivity index (χ3v) is 3.77. The van der Waals surface area contributed by atoms with Crippen molar-refractivity contribution in [2.75, 3.05) is 0 Å². The van der Waals surface area contributed by atoms with Gasteiger partial charge in [-0.05, 0) is 25.0 Å². The van der Waals surface area contributed by atoms with Crippen LogP contribution in [0.5, 0.6) is 11.6 Å². The van der Waals surface area contributed by atoms with Crippen LogP contribution in [0.4, 0.5) is 0 Å². The molecular weight excluding hydrogens is 302 g/mol. The Bertz CT molecular complexity index is 672. The summed E-state index contributed by atoms with van der Waals surface area (Å²) < 4.78 is 5.60. The summed E-state index contributed by atoms with van der Waals surface area (Å²) in [6, 6.07) is 8.65. The number of carbonyl (C=O) groups excluding carboxylic acids is 1. The minimum absolute atomic E-state index is 0.162. The second-order valence-corrected chi connectivity index (χ2v) is 5.62. The van der Waals surface area contributed by atoms with Gasteiger partial charge in [-0.25, -0.2) is 9.97 Å². The number of nitrogens with zero attached hydrogens (tertiary/aromatic N) is 2. The fourth-order valence-electron chi connectivity index (χ4n) is 2.50. The van der Waals surface area contributed by atoms with Gasteiger partial charge >= 0.3 is 0 Å². The van der Waals surface area contributed by atoms with Crippen LogP contribution in [0.2, 0.25) is 5.15 Å². The molecule has 2 aromatic heterocycles. The zero-order valence-electron chi connectivity index (χ0n) is 12.0. The molecule has 0 aliphatic heterocycles. The summed E-state index contributed by atoms with van der Waals surface area (Å²) in [5.74, 6) is 0.715. The number of rotatable bonds is 4. The molecule has 5 nitrogen and oxygen atoms in total. The van der Waals surface area contributed by atoms with Gasteiger partial charge in [0.25, 0.3) is 5.91 Å². The van der Waals surface area contributed by atoms with Gasteiger partial charge in [0, 0.05) is 24.4 Å². The first-order valence-corrected chi connectivity index (χ1v) is 7.66. The van der Waals surface area contributed by atoms with E-state index in [1.165, 1.54) is 12.8 Å². The van der Waals surface area contributed by atoms with E-state index < -0.39 is 0 Å². The Labute approximate surface area is 133 Å². The van der Waals surface area contributed by atoms with Crippen LogP contribution in [0, 0.1) is 0 Å². The number of amides is 1. The van der Waals surface area contributed by atoms with E-state index in [4.69, 9.17) is 16.3 Å². The molecular formula is C16H16ClN3O2. The van der Waals surface area contributed by atoms with Gasteiger partial charge < -0.3 is 10.1 Å². The standard InChI is InChI=1S/C16H16ClN3O2/c17-14-10-12(8-9-18-14)22-15-7-3-6-13(20-15)16(21)19-11-4-1-2-5-11/h3,6-11H,1-2,4-5H2,(H,19,21). The Hall–Kier alpha value is -2.14. The molecule has 6 heteroatoms. The summed E-state index contributed by atoms with van der Waals surface area (Å²) in [6.07, 6.45) is 5.97. The number of halogens is 1. The van der Waals surface area contributed by atoms with Gasteiger partial charge in [0.1, 0.15) is 16.6 Å². The van der Waals surface area contributed by atoms with Gasteiger partial charge in [-0.1, -0.05) is 30.5 Å². The number of aromatic nitrogens is 2. The molecule has 1 aliphatic carbocycles. The monoisotopic (exact) mass is 317 g/mol. The van der Waals surface area contributed by atoms with Crippen LogP contribution in [-0.4, -0.2) is 21.9 Å². The lowest BCUT2D eigenvalue weighted by Gasteiger charge is -2.12. The lowest BCUT2D eigenvalue weighted by Crippen LogP contribution is -2.33. The highest BCUT2D eigenvalue weighted by Gasteiger charge is 2.18. The Kier molecular flexibility index (Phi) is 4.53. The molecule has 3 rings (SSSR count). The molecule has 114 valence electrons. The topological polar surface area (TPSA) is 64.1 Å². The molecule has 1 N–H and O–H groups in total. The van der Waals surface area contributed by atoms with Crippen LogP contribution < -0.4 is 10.1 Å². The molecule has 0 saturated heterocycles. The molecule has 22 heavy (non-hydrogen) atoms. The van der Waals surface area contributed by atoms with E-state index in [1.54, 1.807) is 36.5 Å². The maximum Gasteiger partial charge on any atom is 0.270 e. The number of hydrogen-bond acceptors (Lipinski definition) is 4. The number of carbonyl (C=O) groups is 1. The van der Waals surface area contributed by atoms with Crippen molar-refractivity contribution in [3.8, 4) is 11.6 Å². The minimum atomic E-state index is -0.162. The fraction of sp³-hybridized carbons (Fsp3) is 0.312. The quantitative estimate of drug-likeness (QED) is 0.875. The van der Waals surface area contributed by atoms with E-state index in [2.05, 4.69) is 15.3 Å². The molecule has 0 aromatic carbocycles. The molecule has 0 bridgehead atoms. The summed E-state index contributed by atoms with van der Waals surface area (Å²) in [4.78, 5) is 20.3. The third kappa shape index (κ3) is 3.74. The molecule has 2 aromatic rings. The molecule has 1 fully saturated rings. The lowest BCUT2D eigenvalue weighted by atomic mass is 10.2. The van der Waals surface area contributed by atoms with E-state index in [-0.39, 0.29) is 11.9 Å². The van der Waals surface area contributed by atoms with Gasteiger partial charge in [-0.2, -0.15) is 0 Å². The number of hydrogen-bond donors (Lipinski definition) is 1. The summed E-state index contributed by atoms with van der Waals surface area (Å²) in [6.45, 7) is 0. The van der Waals surface area contributed by atoms with Crippen LogP contribution >= 0.6 is 11.6 Å². The van der Waals surface area contributed by atoms with Crippen molar-refractivity contribution >= 4 is 17.5 Å². The molecule has 0 radical (unpaired) electrons. The van der Waals surface area contributed by atoms with Crippen molar-refractivity contribution in [2.45, 2.75) is 31.7 Å². The highest BCUT2D eigenvalue weighted by Crippen LogP contribution is 2.22. The van der Waals surface area contributed by atoms with Crippen LogP contribution in [0.25, 0.3) is 0 Å². The second kappa shape index (κ2) is 6.75. The first kappa shape index (κ1) is 14.8. The van der Waals surface area contributed by atoms with E-state index in [1.807, 2.05) is 0 Å². The maximum atomic E-state index is 12.2. The maximum absolute atomic E-state index is 12.2. The molecule has 0 atom stereocenters. The minimum Gasteiger partial charge on any atom is -0.439 e. The fourth-order valence-corrected chi connectivity index (χ4v) is 2.66. The smallest absolute Gasteiger partial charge is 0.270 e. The van der Waals surface area contributed by atoms with Crippen molar-refractivity contribution in [1.82, 2.24) is 15.3 Å². The largest absolute Gasteiger partial charge is 0.439 e. The normalized spacial score (nSPS) is 14.8. The first-order chi connectivity index (χ1) is 10.7. The molecule has 1 saturated carbocycles. The predicted molar refractivity (Wildman–Crippen MR) is 83.3 cm³/mol. The molecule has 1 aliphatic rings. The van der Waals surface area contributed by atoms with Crippen LogP contribution in [0.15, 0.2) is 36.5 Å². The molecule has 0 unspecified atom stereocenters. The van der Waals surface area contributed by atoms with Crippen molar-refractivity contribution < 1.29 is 9.53 Å². The van der Waals surface area contributed by atoms with E-state index in [0.29, 0.717) is 22.5 Å². The lowest BCUT2D eigenvalue weighted by molar-refractivity contribution is 0.0932. The Morgan fingerprint density at radius 2 is 2.09 bits per heavy atom. The van der Waals surface area contributed by atoms with Crippen LogP contribution in [-0.2, 0) is 0 Å². The summed E-state index contributed by atoms with van der Waals surface area (Å²) in [5.41, 5.74) is 0.351. The number of pyridine rings is 2. The van der Waals surface area contributed by atoms with Crippen molar-refractivity contribution in [3.05, 3.63) is 47.4 Å². The van der Waals surface area contributed by atoms with E-state index in [0.717, 1.165) is 12.8 Å². The van der Waals surface area contributed by atoms with E-state index in [9.17, 15) is 4.79 Å². The van der Waals surface area contributed by atoms with Crippen molar-refractivity contribution in [2.24, 2.45) is 0 Å². The van der Waals surface area contributed by atoms with Gasteiger partial charge in [-0.3, -0.25) is 4.79 Å². The van der Waals surface area contributed by atoms with Gasteiger partial charge in [0.05, 0.1) is 0 Å². The Morgan fingerprint density at radius 1 is 1.27 bits per heavy atom. The zero-order chi connectivity index (χ0) is 15.4. The summed E-state index contributed by atoms with van der Waals surface area (Å²) >= 11 is 5.81. The van der Waals surface area contributed by atoms with Crippen molar-refractivity contribution in [1.29, 1.82) is 0 Å². The SMILES string of the molecule is O=C(NC1CCCC1)c1cccc(Oc2ccnc(Cl)c2)n1. The third-order valence-electron chi connectivity index (χ3n) is 3.57. The van der Waals surface area contributed by atoms with Gasteiger partial charge in [-0.15, -0.1) is 0 Å².